The van der Waals surface area contributed by atoms with E-state index in [1.165, 1.54) is 5.56 Å². The monoisotopic (exact) mass is 352 g/mol. The molecule has 0 aliphatic carbocycles. The van der Waals surface area contributed by atoms with Gasteiger partial charge in [-0.15, -0.1) is 0 Å². The van der Waals surface area contributed by atoms with Gasteiger partial charge in [0.25, 0.3) is 0 Å². The molecule has 26 heavy (non-hydrogen) atoms. The van der Waals surface area contributed by atoms with E-state index in [0.717, 1.165) is 17.7 Å². The van der Waals surface area contributed by atoms with Crippen molar-refractivity contribution in [3.05, 3.63) is 59.7 Å². The first-order valence-corrected chi connectivity index (χ1v) is 9.18. The van der Waals surface area contributed by atoms with Crippen molar-refractivity contribution in [3.63, 3.8) is 0 Å². The largest absolute Gasteiger partial charge is 0.326 e. The predicted octanol–water partition coefficient (Wildman–Crippen LogP) is 4.98. The summed E-state index contributed by atoms with van der Waals surface area (Å²) in [6, 6.07) is 15.4. The first-order chi connectivity index (χ1) is 12.4. The van der Waals surface area contributed by atoms with Gasteiger partial charge in [-0.05, 0) is 54.7 Å². The summed E-state index contributed by atoms with van der Waals surface area (Å²) < 4.78 is 0. The molecule has 2 aromatic rings. The van der Waals surface area contributed by atoms with Gasteiger partial charge < -0.3 is 10.6 Å². The zero-order valence-corrected chi connectivity index (χ0v) is 16.0. The molecule has 2 rings (SSSR count). The zero-order chi connectivity index (χ0) is 19.1. The van der Waals surface area contributed by atoms with Crippen molar-refractivity contribution in [2.45, 2.75) is 46.5 Å². The first-order valence-electron chi connectivity index (χ1n) is 9.18. The average Bonchev–Trinajstić information content (AvgIpc) is 2.62. The van der Waals surface area contributed by atoms with Gasteiger partial charge in [0.1, 0.15) is 0 Å². The van der Waals surface area contributed by atoms with Crippen molar-refractivity contribution in [1.29, 1.82) is 0 Å². The second kappa shape index (κ2) is 9.18. The van der Waals surface area contributed by atoms with E-state index < -0.39 is 0 Å². The van der Waals surface area contributed by atoms with Crippen LogP contribution >= 0.6 is 0 Å². The molecule has 0 spiro atoms. The summed E-state index contributed by atoms with van der Waals surface area (Å²) in [5.74, 6) is 0.303. The van der Waals surface area contributed by atoms with Crippen LogP contribution in [0.5, 0.6) is 0 Å². The van der Waals surface area contributed by atoms with E-state index in [1.807, 2.05) is 19.1 Å². The van der Waals surface area contributed by atoms with Gasteiger partial charge in [-0.3, -0.25) is 9.59 Å². The molecule has 2 aromatic carbocycles. The Morgan fingerprint density at radius 2 is 1.38 bits per heavy atom. The SMILES string of the molecule is CCC(=O)Nc1ccc(NC(=O)C(C)c2ccc(CC(C)C)cc2)cc1. The van der Waals surface area contributed by atoms with E-state index in [-0.39, 0.29) is 17.7 Å². The highest BCUT2D eigenvalue weighted by atomic mass is 16.2. The fourth-order valence-corrected chi connectivity index (χ4v) is 2.70. The quantitative estimate of drug-likeness (QED) is 0.738. The minimum Gasteiger partial charge on any atom is -0.326 e. The normalized spacial score (nSPS) is 11.9. The Balaban J connectivity index is 1.97. The van der Waals surface area contributed by atoms with Gasteiger partial charge in [-0.1, -0.05) is 45.0 Å². The highest BCUT2D eigenvalue weighted by molar-refractivity contribution is 5.96. The maximum atomic E-state index is 12.5. The maximum absolute atomic E-state index is 12.5. The van der Waals surface area contributed by atoms with Crippen molar-refractivity contribution in [3.8, 4) is 0 Å². The van der Waals surface area contributed by atoms with E-state index in [2.05, 4.69) is 36.6 Å². The van der Waals surface area contributed by atoms with Crippen LogP contribution in [0.1, 0.15) is 51.2 Å². The van der Waals surface area contributed by atoms with E-state index in [4.69, 9.17) is 0 Å². The molecule has 0 heterocycles. The van der Waals surface area contributed by atoms with Gasteiger partial charge >= 0.3 is 0 Å². The molecule has 0 saturated heterocycles. The standard InChI is InChI=1S/C22H28N2O2/c1-5-21(25)23-19-10-12-20(13-11-19)24-22(26)16(4)18-8-6-17(7-9-18)14-15(2)3/h6-13,15-16H,5,14H2,1-4H3,(H,23,25)(H,24,26). The number of carbonyl (C=O) groups is 2. The lowest BCUT2D eigenvalue weighted by atomic mass is 9.96. The Hall–Kier alpha value is -2.62. The molecular formula is C22H28N2O2. The van der Waals surface area contributed by atoms with Crippen LogP contribution in [0.4, 0.5) is 11.4 Å². The summed E-state index contributed by atoms with van der Waals surface area (Å²) in [6.07, 6.45) is 1.48. The van der Waals surface area contributed by atoms with Crippen molar-refractivity contribution in [2.24, 2.45) is 5.92 Å². The summed E-state index contributed by atoms with van der Waals surface area (Å²) in [5, 5.41) is 5.72. The predicted molar refractivity (Wildman–Crippen MR) is 107 cm³/mol. The lowest BCUT2D eigenvalue weighted by Crippen LogP contribution is -2.19. The van der Waals surface area contributed by atoms with Gasteiger partial charge in [0, 0.05) is 17.8 Å². The molecule has 0 aliphatic heterocycles. The fraction of sp³-hybridized carbons (Fsp3) is 0.364. The molecule has 4 heteroatoms. The molecule has 4 nitrogen and oxygen atoms in total. The lowest BCUT2D eigenvalue weighted by molar-refractivity contribution is -0.117. The van der Waals surface area contributed by atoms with E-state index in [0.29, 0.717) is 18.0 Å². The van der Waals surface area contributed by atoms with Crippen LogP contribution in [-0.2, 0) is 16.0 Å². The van der Waals surface area contributed by atoms with Gasteiger partial charge in [-0.2, -0.15) is 0 Å². The average molecular weight is 352 g/mol. The molecule has 0 bridgehead atoms. The Morgan fingerprint density at radius 1 is 0.846 bits per heavy atom. The minimum absolute atomic E-state index is 0.0312. The summed E-state index contributed by atoms with van der Waals surface area (Å²) in [7, 11) is 0. The van der Waals surface area contributed by atoms with E-state index in [9.17, 15) is 9.59 Å². The Morgan fingerprint density at radius 3 is 1.88 bits per heavy atom. The third-order valence-corrected chi connectivity index (χ3v) is 4.27. The van der Waals surface area contributed by atoms with E-state index >= 15 is 0 Å². The molecule has 0 aliphatic rings. The number of hydrogen-bond donors (Lipinski definition) is 2. The number of hydrogen-bond acceptors (Lipinski definition) is 2. The highest BCUT2D eigenvalue weighted by Gasteiger charge is 2.15. The number of rotatable bonds is 7. The molecular weight excluding hydrogens is 324 g/mol. The third kappa shape index (κ3) is 5.73. The zero-order valence-electron chi connectivity index (χ0n) is 16.0. The molecule has 0 aromatic heterocycles. The number of amides is 2. The van der Waals surface area contributed by atoms with Gasteiger partial charge in [0.2, 0.25) is 11.8 Å². The van der Waals surface area contributed by atoms with Crippen LogP contribution in [0.2, 0.25) is 0 Å². The van der Waals surface area contributed by atoms with Crippen LogP contribution < -0.4 is 10.6 Å². The van der Waals surface area contributed by atoms with E-state index in [1.54, 1.807) is 31.2 Å². The van der Waals surface area contributed by atoms with Crippen molar-refractivity contribution >= 4 is 23.2 Å². The van der Waals surface area contributed by atoms with Crippen molar-refractivity contribution < 1.29 is 9.59 Å². The summed E-state index contributed by atoms with van der Waals surface area (Å²) in [5.41, 5.74) is 3.74. The first kappa shape index (κ1) is 19.7. The van der Waals surface area contributed by atoms with Gasteiger partial charge in [-0.25, -0.2) is 0 Å². The Labute approximate surface area is 156 Å². The van der Waals surface area contributed by atoms with Gasteiger partial charge in [0.15, 0.2) is 0 Å². The van der Waals surface area contributed by atoms with Crippen molar-refractivity contribution in [1.82, 2.24) is 0 Å². The molecule has 0 fully saturated rings. The molecule has 138 valence electrons. The van der Waals surface area contributed by atoms with Crippen LogP contribution in [0.3, 0.4) is 0 Å². The molecule has 1 unspecified atom stereocenters. The molecule has 2 N–H and O–H groups in total. The minimum atomic E-state index is -0.234. The maximum Gasteiger partial charge on any atom is 0.231 e. The number of nitrogens with one attached hydrogen (secondary N) is 2. The fourth-order valence-electron chi connectivity index (χ4n) is 2.70. The molecule has 0 saturated carbocycles. The molecule has 0 radical (unpaired) electrons. The number of benzene rings is 2. The Kier molecular flexibility index (Phi) is 6.96. The number of carbonyl (C=O) groups excluding carboxylic acids is 2. The number of anilines is 2. The third-order valence-electron chi connectivity index (χ3n) is 4.27. The topological polar surface area (TPSA) is 58.2 Å². The second-order valence-corrected chi connectivity index (χ2v) is 7.03. The summed E-state index contributed by atoms with van der Waals surface area (Å²) in [4.78, 5) is 23.9. The van der Waals surface area contributed by atoms with Gasteiger partial charge in [0.05, 0.1) is 5.92 Å². The van der Waals surface area contributed by atoms with Crippen LogP contribution in [0.15, 0.2) is 48.5 Å². The lowest BCUT2D eigenvalue weighted by Gasteiger charge is -2.14. The second-order valence-electron chi connectivity index (χ2n) is 7.03. The highest BCUT2D eigenvalue weighted by Crippen LogP contribution is 2.20. The summed E-state index contributed by atoms with van der Waals surface area (Å²) >= 11 is 0. The smallest absolute Gasteiger partial charge is 0.231 e. The molecule has 1 atom stereocenters. The van der Waals surface area contributed by atoms with Crippen LogP contribution in [-0.4, -0.2) is 11.8 Å². The van der Waals surface area contributed by atoms with Crippen LogP contribution in [0.25, 0.3) is 0 Å². The van der Waals surface area contributed by atoms with Crippen molar-refractivity contribution in [2.75, 3.05) is 10.6 Å². The Bertz CT molecular complexity index is 734. The van der Waals surface area contributed by atoms with Crippen LogP contribution in [0, 0.1) is 5.92 Å². The molecule has 2 amide bonds. The summed E-state index contributed by atoms with van der Waals surface area (Å²) in [6.45, 7) is 8.11.